The van der Waals surface area contributed by atoms with Crippen LogP contribution in [0.15, 0.2) is 97.1 Å². The van der Waals surface area contributed by atoms with Crippen molar-refractivity contribution in [2.45, 2.75) is 45.8 Å². The number of carbonyl (C=O) groups is 1. The van der Waals surface area contributed by atoms with Gasteiger partial charge in [0, 0.05) is 24.2 Å². The number of carboxylic acids is 1. The van der Waals surface area contributed by atoms with Gasteiger partial charge in [0.05, 0.1) is 13.5 Å². The maximum Gasteiger partial charge on any atom is 0.305 e. The predicted molar refractivity (Wildman–Crippen MR) is 150 cm³/mol. The second-order valence-electron chi connectivity index (χ2n) is 9.58. The van der Waals surface area contributed by atoms with Crippen LogP contribution in [0.3, 0.4) is 0 Å². The minimum absolute atomic E-state index is 0.00324. The number of hydrogen-bond donors (Lipinski definition) is 1. The van der Waals surface area contributed by atoms with Crippen LogP contribution in [0.25, 0.3) is 11.1 Å². The highest BCUT2D eigenvalue weighted by Gasteiger charge is 2.29. The molecule has 4 aromatic rings. The van der Waals surface area contributed by atoms with Crippen molar-refractivity contribution < 1.29 is 14.6 Å². The number of ether oxygens (including phenoxy) is 1. The van der Waals surface area contributed by atoms with Crippen molar-refractivity contribution in [2.75, 3.05) is 7.11 Å². The molecule has 0 amide bonds. The minimum Gasteiger partial charge on any atom is -0.496 e. The van der Waals surface area contributed by atoms with Gasteiger partial charge < -0.3 is 9.84 Å². The van der Waals surface area contributed by atoms with E-state index in [1.165, 1.54) is 0 Å². The van der Waals surface area contributed by atoms with Gasteiger partial charge in [-0.25, -0.2) is 0 Å². The van der Waals surface area contributed by atoms with E-state index in [0.29, 0.717) is 6.54 Å². The molecule has 0 aliphatic rings. The number of carboxylic acid groups (broad SMARTS) is 1. The van der Waals surface area contributed by atoms with Crippen LogP contribution in [-0.4, -0.2) is 23.1 Å². The fraction of sp³-hybridized carbons (Fsp3) is 0.242. The molecule has 0 aliphatic heterocycles. The third-order valence-corrected chi connectivity index (χ3v) is 7.11. The van der Waals surface area contributed by atoms with Gasteiger partial charge in [0.1, 0.15) is 5.75 Å². The van der Waals surface area contributed by atoms with Crippen molar-refractivity contribution in [2.24, 2.45) is 0 Å². The van der Waals surface area contributed by atoms with E-state index in [4.69, 9.17) is 4.74 Å². The molecule has 4 rings (SSSR count). The van der Waals surface area contributed by atoms with Crippen LogP contribution >= 0.6 is 0 Å². The zero-order valence-corrected chi connectivity index (χ0v) is 22.0. The van der Waals surface area contributed by atoms with Gasteiger partial charge in [-0.15, -0.1) is 0 Å². The first-order valence-electron chi connectivity index (χ1n) is 12.7. The Balaban J connectivity index is 1.87. The Morgan fingerprint density at radius 1 is 0.838 bits per heavy atom. The fourth-order valence-corrected chi connectivity index (χ4v) is 5.19. The Hall–Kier alpha value is -3.89. The van der Waals surface area contributed by atoms with Crippen molar-refractivity contribution in [1.82, 2.24) is 4.90 Å². The first-order valence-corrected chi connectivity index (χ1v) is 12.7. The molecule has 4 aromatic carbocycles. The Morgan fingerprint density at radius 3 is 2.05 bits per heavy atom. The van der Waals surface area contributed by atoms with Gasteiger partial charge >= 0.3 is 5.97 Å². The minimum atomic E-state index is -0.826. The van der Waals surface area contributed by atoms with E-state index in [1.54, 1.807) is 7.11 Å². The summed E-state index contributed by atoms with van der Waals surface area (Å²) in [5.41, 5.74) is 7.67. The summed E-state index contributed by atoms with van der Waals surface area (Å²) in [4.78, 5) is 14.5. The third kappa shape index (κ3) is 6.10. The van der Waals surface area contributed by atoms with Crippen molar-refractivity contribution in [3.63, 3.8) is 0 Å². The van der Waals surface area contributed by atoms with E-state index in [0.717, 1.165) is 44.7 Å². The molecule has 1 N–H and O–H groups in total. The summed E-state index contributed by atoms with van der Waals surface area (Å²) >= 11 is 0. The molecule has 4 heteroatoms. The van der Waals surface area contributed by atoms with Crippen LogP contribution in [0.4, 0.5) is 0 Å². The van der Waals surface area contributed by atoms with E-state index < -0.39 is 5.97 Å². The highest BCUT2D eigenvalue weighted by Crippen LogP contribution is 2.40. The standard InChI is InChI=1S/C33H35NO3/c1-23-12-11-13-24(2)33(23)29-20-28(18-19-31(29)37-4)30(21-32(35)36)34(22-26-14-7-5-8-15-26)25(3)27-16-9-6-10-17-27/h5-20,25,30H,21-22H2,1-4H3,(H,35,36). The molecule has 0 aliphatic carbocycles. The fourth-order valence-electron chi connectivity index (χ4n) is 5.19. The maximum atomic E-state index is 12.2. The summed E-state index contributed by atoms with van der Waals surface area (Å²) in [6.07, 6.45) is -0.0114. The molecule has 190 valence electrons. The van der Waals surface area contributed by atoms with Crippen molar-refractivity contribution >= 4 is 5.97 Å². The van der Waals surface area contributed by atoms with Crippen molar-refractivity contribution in [3.8, 4) is 16.9 Å². The predicted octanol–water partition coefficient (Wildman–Crippen LogP) is 7.76. The van der Waals surface area contributed by atoms with Gasteiger partial charge in [-0.1, -0.05) is 84.9 Å². The lowest BCUT2D eigenvalue weighted by atomic mass is 9.90. The first kappa shape index (κ1) is 26.2. The summed E-state index contributed by atoms with van der Waals surface area (Å²) in [6.45, 7) is 6.98. The van der Waals surface area contributed by atoms with Crippen LogP contribution in [0, 0.1) is 13.8 Å². The van der Waals surface area contributed by atoms with Crippen molar-refractivity contribution in [1.29, 1.82) is 0 Å². The molecule has 0 bridgehead atoms. The zero-order valence-electron chi connectivity index (χ0n) is 22.0. The molecule has 0 aromatic heterocycles. The second kappa shape index (κ2) is 11.9. The van der Waals surface area contributed by atoms with E-state index in [2.05, 4.69) is 74.2 Å². The van der Waals surface area contributed by atoms with E-state index in [-0.39, 0.29) is 18.5 Å². The highest BCUT2D eigenvalue weighted by molar-refractivity contribution is 5.77. The number of nitrogens with zero attached hydrogens (tertiary/aromatic N) is 1. The number of rotatable bonds is 10. The molecule has 0 spiro atoms. The molecule has 37 heavy (non-hydrogen) atoms. The van der Waals surface area contributed by atoms with E-state index >= 15 is 0 Å². The molecule has 2 atom stereocenters. The molecular formula is C33H35NO3. The lowest BCUT2D eigenvalue weighted by molar-refractivity contribution is -0.138. The Kier molecular flexibility index (Phi) is 8.42. The average Bonchev–Trinajstić information content (AvgIpc) is 2.91. The molecule has 0 heterocycles. The van der Waals surface area contributed by atoms with E-state index in [1.807, 2.05) is 48.5 Å². The lowest BCUT2D eigenvalue weighted by Gasteiger charge is -2.37. The normalized spacial score (nSPS) is 12.8. The second-order valence-corrected chi connectivity index (χ2v) is 9.58. The number of methoxy groups -OCH3 is 1. The van der Waals surface area contributed by atoms with Gasteiger partial charge in [0.2, 0.25) is 0 Å². The Morgan fingerprint density at radius 2 is 1.46 bits per heavy atom. The van der Waals surface area contributed by atoms with Crippen LogP contribution in [0.5, 0.6) is 5.75 Å². The molecule has 0 fully saturated rings. The largest absolute Gasteiger partial charge is 0.496 e. The molecule has 0 radical (unpaired) electrons. The van der Waals surface area contributed by atoms with Crippen LogP contribution in [0.1, 0.15) is 53.2 Å². The molecule has 0 saturated heterocycles. The molecule has 4 nitrogen and oxygen atoms in total. The number of benzene rings is 4. The zero-order chi connectivity index (χ0) is 26.4. The lowest BCUT2D eigenvalue weighted by Crippen LogP contribution is -2.32. The summed E-state index contributed by atoms with van der Waals surface area (Å²) in [6, 6.07) is 32.6. The van der Waals surface area contributed by atoms with Crippen LogP contribution < -0.4 is 4.74 Å². The first-order chi connectivity index (χ1) is 17.9. The highest BCUT2D eigenvalue weighted by atomic mass is 16.5. The maximum absolute atomic E-state index is 12.2. The quantitative estimate of drug-likeness (QED) is 0.245. The monoisotopic (exact) mass is 493 g/mol. The van der Waals surface area contributed by atoms with Gasteiger partial charge in [-0.05, 0) is 66.3 Å². The van der Waals surface area contributed by atoms with Gasteiger partial charge in [0.15, 0.2) is 0 Å². The number of aryl methyl sites for hydroxylation is 2. The number of hydrogen-bond acceptors (Lipinski definition) is 3. The Bertz CT molecular complexity index is 1310. The molecule has 0 saturated carbocycles. The van der Waals surface area contributed by atoms with Crippen LogP contribution in [-0.2, 0) is 11.3 Å². The molecular weight excluding hydrogens is 458 g/mol. The average molecular weight is 494 g/mol. The topological polar surface area (TPSA) is 49.8 Å². The summed E-state index contributed by atoms with van der Waals surface area (Å²) in [5, 5.41) is 10.0. The van der Waals surface area contributed by atoms with E-state index in [9.17, 15) is 9.90 Å². The van der Waals surface area contributed by atoms with Crippen molar-refractivity contribution in [3.05, 3.63) is 125 Å². The number of aliphatic carboxylic acids is 1. The SMILES string of the molecule is COc1ccc(C(CC(=O)O)N(Cc2ccccc2)C(C)c2ccccc2)cc1-c1c(C)cccc1C. The van der Waals surface area contributed by atoms with Crippen LogP contribution in [0.2, 0.25) is 0 Å². The van der Waals surface area contributed by atoms with Gasteiger partial charge in [0.25, 0.3) is 0 Å². The summed E-state index contributed by atoms with van der Waals surface area (Å²) < 4.78 is 5.77. The Labute approximate surface area is 220 Å². The van der Waals surface area contributed by atoms with Gasteiger partial charge in [-0.2, -0.15) is 0 Å². The summed E-state index contributed by atoms with van der Waals surface area (Å²) in [7, 11) is 1.68. The molecule has 2 unspecified atom stereocenters. The van der Waals surface area contributed by atoms with Gasteiger partial charge in [-0.3, -0.25) is 9.69 Å². The smallest absolute Gasteiger partial charge is 0.305 e. The summed E-state index contributed by atoms with van der Waals surface area (Å²) in [5.74, 6) is -0.0475. The third-order valence-electron chi connectivity index (χ3n) is 7.11.